The summed E-state index contributed by atoms with van der Waals surface area (Å²) in [6, 6.07) is 8.65. The number of carbonyl (C=O) groups is 1. The van der Waals surface area contributed by atoms with Gasteiger partial charge in [0.05, 0.1) is 18.4 Å². The van der Waals surface area contributed by atoms with E-state index in [1.54, 1.807) is 23.6 Å². The fourth-order valence-electron chi connectivity index (χ4n) is 2.66. The second-order valence-corrected chi connectivity index (χ2v) is 6.39. The second-order valence-electron chi connectivity index (χ2n) is 6.39. The number of pyridine rings is 1. The lowest BCUT2D eigenvalue weighted by Crippen LogP contribution is -2.43. The molecule has 0 spiro atoms. The minimum atomic E-state index is -3.28. The van der Waals surface area contributed by atoms with Gasteiger partial charge in [-0.1, -0.05) is 30.3 Å². The number of amides is 1. The molecule has 1 aromatic carbocycles. The average Bonchev–Trinajstić information content (AvgIpc) is 2.75. The molecule has 9 heteroatoms. The van der Waals surface area contributed by atoms with E-state index in [0.29, 0.717) is 19.5 Å². The van der Waals surface area contributed by atoms with Crippen molar-refractivity contribution in [2.45, 2.75) is 31.5 Å². The number of aliphatic hydroxyl groups excluding tert-OH is 1. The Labute approximate surface area is 166 Å². The molecule has 2 atom stereocenters. The van der Waals surface area contributed by atoms with Crippen LogP contribution in [-0.4, -0.2) is 48.4 Å². The maximum atomic E-state index is 13.1. The maximum Gasteiger partial charge on any atom is 0.315 e. The molecule has 0 unspecified atom stereocenters. The molecule has 0 aliphatic heterocycles. The van der Waals surface area contributed by atoms with Gasteiger partial charge in [-0.25, -0.2) is 4.39 Å². The molecule has 1 heterocycles. The predicted molar refractivity (Wildman–Crippen MR) is 101 cm³/mol. The first-order valence-corrected chi connectivity index (χ1v) is 9.10. The molecule has 0 radical (unpaired) electrons. The van der Waals surface area contributed by atoms with Crippen LogP contribution in [0.2, 0.25) is 0 Å². The molecular formula is C20H23F4N3O2. The number of carbonyl (C=O) groups excluding carboxylic acids is 1. The van der Waals surface area contributed by atoms with Gasteiger partial charge in [0.15, 0.2) is 0 Å². The number of benzene rings is 1. The molecule has 1 aromatic heterocycles. The first-order chi connectivity index (χ1) is 14.0. The molecule has 158 valence electrons. The fourth-order valence-corrected chi connectivity index (χ4v) is 2.66. The van der Waals surface area contributed by atoms with E-state index in [4.69, 9.17) is 0 Å². The first-order valence-electron chi connectivity index (χ1n) is 9.10. The van der Waals surface area contributed by atoms with Crippen molar-refractivity contribution >= 4 is 5.91 Å². The maximum absolute atomic E-state index is 13.1. The molecule has 0 aliphatic rings. The van der Waals surface area contributed by atoms with Gasteiger partial charge in [0.2, 0.25) is 0 Å². The zero-order chi connectivity index (χ0) is 21.2. The SMILES string of the molecule is O=C(N[C@@H](CF)[C@H](O)c1ccc(-c2ccc(CNCCCF)nc2)cc1)C(F)F. The van der Waals surface area contributed by atoms with Crippen molar-refractivity contribution in [3.05, 3.63) is 53.9 Å². The van der Waals surface area contributed by atoms with Crippen LogP contribution < -0.4 is 10.6 Å². The number of alkyl halides is 4. The number of aliphatic hydroxyl groups is 1. The van der Waals surface area contributed by atoms with Crippen molar-refractivity contribution in [2.24, 2.45) is 0 Å². The van der Waals surface area contributed by atoms with Crippen molar-refractivity contribution < 1.29 is 27.5 Å². The molecule has 0 saturated heterocycles. The Morgan fingerprint density at radius 2 is 1.76 bits per heavy atom. The van der Waals surface area contributed by atoms with E-state index in [0.717, 1.165) is 16.8 Å². The monoisotopic (exact) mass is 413 g/mol. The lowest BCUT2D eigenvalue weighted by Gasteiger charge is -2.22. The van der Waals surface area contributed by atoms with Gasteiger partial charge in [-0.3, -0.25) is 14.2 Å². The van der Waals surface area contributed by atoms with Crippen LogP contribution in [0.15, 0.2) is 42.6 Å². The van der Waals surface area contributed by atoms with E-state index in [1.807, 2.05) is 12.1 Å². The van der Waals surface area contributed by atoms with Crippen LogP contribution in [0.25, 0.3) is 11.1 Å². The van der Waals surface area contributed by atoms with Crippen LogP contribution in [0, 0.1) is 0 Å². The van der Waals surface area contributed by atoms with E-state index in [2.05, 4.69) is 10.3 Å². The molecule has 2 aromatic rings. The van der Waals surface area contributed by atoms with E-state index in [-0.39, 0.29) is 12.2 Å². The summed E-state index contributed by atoms with van der Waals surface area (Å²) in [5.41, 5.74) is 2.69. The quantitative estimate of drug-likeness (QED) is 0.391. The van der Waals surface area contributed by atoms with Crippen LogP contribution >= 0.6 is 0 Å². The highest BCUT2D eigenvalue weighted by Gasteiger charge is 2.26. The number of hydrogen-bond donors (Lipinski definition) is 3. The third kappa shape index (κ3) is 6.79. The van der Waals surface area contributed by atoms with Crippen LogP contribution in [0.1, 0.15) is 23.8 Å². The summed E-state index contributed by atoms with van der Waals surface area (Å²) >= 11 is 0. The van der Waals surface area contributed by atoms with Gasteiger partial charge in [-0.2, -0.15) is 8.78 Å². The van der Waals surface area contributed by atoms with Gasteiger partial charge >= 0.3 is 6.43 Å². The van der Waals surface area contributed by atoms with Gasteiger partial charge < -0.3 is 15.7 Å². The van der Waals surface area contributed by atoms with Crippen molar-refractivity contribution in [2.75, 3.05) is 19.9 Å². The fraction of sp³-hybridized carbons (Fsp3) is 0.400. The number of aromatic nitrogens is 1. The molecule has 29 heavy (non-hydrogen) atoms. The third-order valence-corrected chi connectivity index (χ3v) is 4.28. The van der Waals surface area contributed by atoms with Gasteiger partial charge in [0.1, 0.15) is 12.8 Å². The molecule has 0 bridgehead atoms. The highest BCUT2D eigenvalue weighted by atomic mass is 19.3. The Morgan fingerprint density at radius 3 is 2.31 bits per heavy atom. The van der Waals surface area contributed by atoms with E-state index in [1.165, 1.54) is 12.1 Å². The van der Waals surface area contributed by atoms with Crippen molar-refractivity contribution in [3.63, 3.8) is 0 Å². The van der Waals surface area contributed by atoms with E-state index in [9.17, 15) is 27.5 Å². The van der Waals surface area contributed by atoms with Crippen LogP contribution in [-0.2, 0) is 11.3 Å². The van der Waals surface area contributed by atoms with Crippen molar-refractivity contribution in [1.82, 2.24) is 15.6 Å². The van der Waals surface area contributed by atoms with Gasteiger partial charge in [-0.05, 0) is 30.2 Å². The molecule has 0 aliphatic carbocycles. The second kappa shape index (κ2) is 11.5. The number of nitrogens with one attached hydrogen (secondary N) is 2. The molecular weight excluding hydrogens is 390 g/mol. The Bertz CT molecular complexity index is 757. The summed E-state index contributed by atoms with van der Waals surface area (Å²) in [5.74, 6) is -1.63. The molecule has 0 saturated carbocycles. The summed E-state index contributed by atoms with van der Waals surface area (Å²) in [6.45, 7) is -0.456. The Hall–Kier alpha value is -2.52. The molecule has 3 N–H and O–H groups in total. The zero-order valence-corrected chi connectivity index (χ0v) is 15.6. The lowest BCUT2D eigenvalue weighted by molar-refractivity contribution is -0.133. The minimum absolute atomic E-state index is 0.285. The van der Waals surface area contributed by atoms with Gasteiger partial charge in [0.25, 0.3) is 5.91 Å². The highest BCUT2D eigenvalue weighted by molar-refractivity contribution is 5.79. The number of hydrogen-bond acceptors (Lipinski definition) is 4. The van der Waals surface area contributed by atoms with Crippen LogP contribution in [0.5, 0.6) is 0 Å². The lowest BCUT2D eigenvalue weighted by atomic mass is 9.99. The summed E-state index contributed by atoms with van der Waals surface area (Å²) in [7, 11) is 0. The summed E-state index contributed by atoms with van der Waals surface area (Å²) in [5, 5.41) is 15.1. The summed E-state index contributed by atoms with van der Waals surface area (Å²) < 4.78 is 49.8. The molecule has 2 rings (SSSR count). The van der Waals surface area contributed by atoms with Gasteiger partial charge in [0, 0.05) is 18.3 Å². The van der Waals surface area contributed by atoms with Crippen molar-refractivity contribution in [1.29, 1.82) is 0 Å². The molecule has 1 amide bonds. The summed E-state index contributed by atoms with van der Waals surface area (Å²) in [6.07, 6.45) is -2.63. The van der Waals surface area contributed by atoms with E-state index < -0.39 is 31.2 Å². The third-order valence-electron chi connectivity index (χ3n) is 4.28. The first kappa shape index (κ1) is 22.8. The van der Waals surface area contributed by atoms with Crippen molar-refractivity contribution in [3.8, 4) is 11.1 Å². The number of rotatable bonds is 11. The largest absolute Gasteiger partial charge is 0.386 e. The Balaban J connectivity index is 2.00. The number of nitrogens with zero attached hydrogens (tertiary/aromatic N) is 1. The Kier molecular flexibility index (Phi) is 9.01. The minimum Gasteiger partial charge on any atom is -0.386 e. The standard InChI is InChI=1S/C20H23F4N3O2/c21-8-1-9-25-12-16-7-6-15(11-26-16)13-2-4-14(5-3-13)18(28)17(10-22)27-20(29)19(23)24/h2-7,11,17-19,25,28H,1,8-10,12H2,(H,27,29)/t17-,18+/m0/s1. The predicted octanol–water partition coefficient (Wildman–Crippen LogP) is 2.95. The van der Waals surface area contributed by atoms with Gasteiger partial charge in [-0.15, -0.1) is 0 Å². The smallest absolute Gasteiger partial charge is 0.315 e. The average molecular weight is 413 g/mol. The molecule has 5 nitrogen and oxygen atoms in total. The highest BCUT2D eigenvalue weighted by Crippen LogP contribution is 2.23. The van der Waals surface area contributed by atoms with Crippen LogP contribution in [0.3, 0.4) is 0 Å². The van der Waals surface area contributed by atoms with Crippen LogP contribution in [0.4, 0.5) is 17.6 Å². The normalized spacial score (nSPS) is 13.3. The Morgan fingerprint density at radius 1 is 1.07 bits per heavy atom. The zero-order valence-electron chi connectivity index (χ0n) is 15.6. The van der Waals surface area contributed by atoms with E-state index >= 15 is 0 Å². The number of halogens is 4. The topological polar surface area (TPSA) is 74.2 Å². The molecule has 0 fully saturated rings. The summed E-state index contributed by atoms with van der Waals surface area (Å²) in [4.78, 5) is 15.4.